The summed E-state index contributed by atoms with van der Waals surface area (Å²) in [4.78, 5) is 0. The van der Waals surface area contributed by atoms with Gasteiger partial charge in [0.1, 0.15) is 5.75 Å². The van der Waals surface area contributed by atoms with E-state index in [0.29, 0.717) is 11.1 Å². The Morgan fingerprint density at radius 1 is 1.40 bits per heavy atom. The monoisotopic (exact) mass is 312 g/mol. The van der Waals surface area contributed by atoms with Crippen molar-refractivity contribution in [1.82, 2.24) is 0 Å². The Balaban J connectivity index is 0. The van der Waals surface area contributed by atoms with Crippen LogP contribution in [-0.4, -0.2) is 15.3 Å². The number of phenols is 1. The zero-order valence-corrected chi connectivity index (χ0v) is 11.4. The molecule has 0 fully saturated rings. The summed E-state index contributed by atoms with van der Waals surface area (Å²) in [6.45, 7) is -0.288. The van der Waals surface area contributed by atoms with E-state index in [1.54, 1.807) is 0 Å². The van der Waals surface area contributed by atoms with Crippen LogP contribution < -0.4 is 0 Å². The molecule has 0 aliphatic heterocycles. The van der Waals surface area contributed by atoms with E-state index in [2.05, 4.69) is 11.8 Å². The molecular formula is C9H11ArO4Y-. The Kier molecular flexibility index (Phi) is 11.6. The Morgan fingerprint density at radius 3 is 2.47 bits per heavy atom. The van der Waals surface area contributed by atoms with E-state index in [9.17, 15) is 10.2 Å². The average molecular weight is 312 g/mol. The number of benzene rings is 1. The molecule has 1 aromatic rings. The topological polar surface area (TPSA) is 69.9 Å². The number of hydrogen-bond acceptors (Lipinski definition) is 4. The van der Waals surface area contributed by atoms with E-state index in [1.165, 1.54) is 18.2 Å². The third-order valence-corrected chi connectivity index (χ3v) is 1.72. The molecule has 3 N–H and O–H groups in total. The minimum Gasteiger partial charge on any atom is -0.529 e. The van der Waals surface area contributed by atoms with E-state index in [1.807, 2.05) is 0 Å². The number of aliphatic hydroxyl groups is 2. The molecule has 6 heteroatoms. The van der Waals surface area contributed by atoms with Crippen LogP contribution in [0.3, 0.4) is 0 Å². The summed E-state index contributed by atoms with van der Waals surface area (Å²) in [6, 6.07) is 4.32. The molecule has 15 heavy (non-hydrogen) atoms. The summed E-state index contributed by atoms with van der Waals surface area (Å²) in [5.41, 5.74) is 0.783. The predicted molar refractivity (Wildman–Crippen MR) is 45.4 cm³/mol. The van der Waals surface area contributed by atoms with E-state index in [-0.39, 0.29) is 82.8 Å². The van der Waals surface area contributed by atoms with Crippen LogP contribution in [0.15, 0.2) is 18.2 Å². The van der Waals surface area contributed by atoms with Crippen molar-refractivity contribution in [3.8, 4) is 5.75 Å². The van der Waals surface area contributed by atoms with E-state index < -0.39 is 6.29 Å². The molecule has 0 saturated carbocycles. The van der Waals surface area contributed by atoms with Crippen LogP contribution in [0.2, 0.25) is 0 Å². The molecule has 4 nitrogen and oxygen atoms in total. The zero-order chi connectivity index (χ0) is 9.84. The van der Waals surface area contributed by atoms with Gasteiger partial charge in [0, 0.05) is 81.6 Å². The van der Waals surface area contributed by atoms with Crippen molar-refractivity contribution in [3.63, 3.8) is 0 Å². The fourth-order valence-corrected chi connectivity index (χ4v) is 0.982. The molecule has 0 spiro atoms. The number of hydrogen-bond donors (Lipinski definition) is 3. The molecule has 0 saturated heterocycles. The van der Waals surface area contributed by atoms with Crippen molar-refractivity contribution >= 4 is 0 Å². The van der Waals surface area contributed by atoms with Gasteiger partial charge in [-0.2, -0.15) is 0 Å². The van der Waals surface area contributed by atoms with Gasteiger partial charge in [-0.15, -0.1) is 0 Å². The van der Waals surface area contributed by atoms with Gasteiger partial charge in [-0.1, -0.05) is 6.07 Å². The number of ether oxygens (including phenoxy) is 1. The van der Waals surface area contributed by atoms with E-state index in [4.69, 9.17) is 5.11 Å². The van der Waals surface area contributed by atoms with Gasteiger partial charge in [-0.25, -0.2) is 7.11 Å². The third-order valence-electron chi connectivity index (χ3n) is 1.72. The molecule has 0 bridgehead atoms. The van der Waals surface area contributed by atoms with Gasteiger partial charge in [0.25, 0.3) is 0 Å². The van der Waals surface area contributed by atoms with Crippen molar-refractivity contribution in [2.75, 3.05) is 0 Å². The predicted octanol–water partition coefficient (Wildman–Crippen LogP) is 0.681. The van der Waals surface area contributed by atoms with Gasteiger partial charge < -0.3 is 20.1 Å². The molecular weight excluding hydrogens is 301 g/mol. The second-order valence-corrected chi connectivity index (χ2v) is 2.57. The maximum atomic E-state index is 9.19. The fraction of sp³-hybridized carbons (Fsp3) is 0.222. The molecule has 1 atom stereocenters. The van der Waals surface area contributed by atoms with Crippen molar-refractivity contribution in [1.29, 1.82) is 0 Å². The normalized spacial score (nSPS) is 11.1. The van der Waals surface area contributed by atoms with Crippen molar-refractivity contribution in [2.45, 2.75) is 12.9 Å². The maximum absolute atomic E-state index is 9.19. The quantitative estimate of drug-likeness (QED) is 0.567. The Hall–Kier alpha value is 1.26. The SMILES string of the molecule is [Ar].[CH2-]OC(O)c1ccc(O)c(CO)c1.[Y]. The van der Waals surface area contributed by atoms with Crippen LogP contribution >= 0.6 is 0 Å². The molecule has 1 unspecified atom stereocenters. The molecule has 1 rings (SSSR count). The van der Waals surface area contributed by atoms with E-state index in [0.717, 1.165) is 0 Å². The Morgan fingerprint density at radius 2 is 2.00 bits per heavy atom. The maximum Gasteiger partial charge on any atom is 0.151 e. The molecule has 1 aromatic carbocycles. The number of aliphatic hydroxyl groups excluding tert-OH is 2. The Labute approximate surface area is 144 Å². The van der Waals surface area contributed by atoms with Crippen LogP contribution in [0, 0.1) is 44.8 Å². The summed E-state index contributed by atoms with van der Waals surface area (Å²) < 4.78 is 4.42. The Bertz CT molecular complexity index is 295. The van der Waals surface area contributed by atoms with Crippen LogP contribution in [0.5, 0.6) is 5.75 Å². The van der Waals surface area contributed by atoms with Gasteiger partial charge in [-0.05, 0) is 12.1 Å². The molecule has 0 aliphatic rings. The molecule has 0 amide bonds. The minimum atomic E-state index is -1.13. The first-order valence-corrected chi connectivity index (χ1v) is 3.70. The van der Waals surface area contributed by atoms with Crippen molar-refractivity contribution in [3.05, 3.63) is 36.4 Å². The van der Waals surface area contributed by atoms with Crippen molar-refractivity contribution in [2.24, 2.45) is 0 Å². The molecule has 0 heterocycles. The summed E-state index contributed by atoms with van der Waals surface area (Å²) in [5, 5.41) is 27.2. The fourth-order valence-electron chi connectivity index (χ4n) is 0.982. The van der Waals surface area contributed by atoms with E-state index >= 15 is 0 Å². The first-order chi connectivity index (χ1) is 6.19. The summed E-state index contributed by atoms with van der Waals surface area (Å²) in [7, 11) is 3.06. The average Bonchev–Trinajstić information content (AvgIpc) is 2.17. The molecule has 0 aromatic heterocycles. The van der Waals surface area contributed by atoms with Crippen LogP contribution in [0.25, 0.3) is 0 Å². The second kappa shape index (κ2) is 9.31. The first-order valence-electron chi connectivity index (χ1n) is 3.70. The zero-order valence-electron chi connectivity index (χ0n) is 7.90. The molecule has 0 aliphatic carbocycles. The summed E-state index contributed by atoms with van der Waals surface area (Å²) in [6.07, 6.45) is -1.13. The van der Waals surface area contributed by atoms with Gasteiger partial charge in [-0.3, -0.25) is 0 Å². The number of aromatic hydroxyl groups is 1. The standard InChI is InChI=1S/C9H11O4.Ar.Y/c1-13-9(12)6-2-3-8(11)7(4-6)5-10;;/h2-4,9-12H,1,5H2;;/q-1;;. The summed E-state index contributed by atoms with van der Waals surface area (Å²) >= 11 is 0. The minimum absolute atomic E-state index is 0. The largest absolute Gasteiger partial charge is 0.529 e. The van der Waals surface area contributed by atoms with Gasteiger partial charge in [0.2, 0.25) is 0 Å². The third kappa shape index (κ3) is 5.42. The second-order valence-electron chi connectivity index (χ2n) is 2.57. The van der Waals surface area contributed by atoms with Gasteiger partial charge in [0.15, 0.2) is 6.29 Å². The summed E-state index contributed by atoms with van der Waals surface area (Å²) in [5.74, 6) is -0.0116. The van der Waals surface area contributed by atoms with Crippen LogP contribution in [-0.2, 0) is 44.1 Å². The van der Waals surface area contributed by atoms with Crippen LogP contribution in [0.4, 0.5) is 0 Å². The van der Waals surface area contributed by atoms with Crippen molar-refractivity contribution < 1.29 is 90.5 Å². The first kappa shape index (κ1) is 18.6. The molecule has 1 radical (unpaired) electrons. The number of rotatable bonds is 3. The van der Waals surface area contributed by atoms with Gasteiger partial charge in [0.05, 0.1) is 6.61 Å². The molecule has 83 valence electrons. The van der Waals surface area contributed by atoms with Gasteiger partial charge >= 0.3 is 0 Å². The van der Waals surface area contributed by atoms with Crippen LogP contribution in [0.1, 0.15) is 17.4 Å². The smallest absolute Gasteiger partial charge is 0.151 e.